The van der Waals surface area contributed by atoms with Crippen LogP contribution in [-0.4, -0.2) is 38.4 Å². The summed E-state index contributed by atoms with van der Waals surface area (Å²) in [4.78, 5) is 4.01. The SMILES string of the molecule is CN(C)c1ccc(C2=C(O)C(c3ccc(N(C)C)cc3)=C2O)cc1. The first-order valence-corrected chi connectivity index (χ1v) is 7.83. The molecule has 0 aliphatic heterocycles. The lowest BCUT2D eigenvalue weighted by atomic mass is 9.84. The number of allylic oxidation sites excluding steroid dienone is 2. The van der Waals surface area contributed by atoms with Crippen LogP contribution in [0.5, 0.6) is 0 Å². The van der Waals surface area contributed by atoms with Crippen LogP contribution in [0.2, 0.25) is 0 Å². The van der Waals surface area contributed by atoms with E-state index in [0.717, 1.165) is 22.5 Å². The molecule has 0 spiro atoms. The summed E-state index contributed by atoms with van der Waals surface area (Å²) in [5, 5.41) is 20.9. The van der Waals surface area contributed by atoms with Gasteiger partial charge in [0.1, 0.15) is 11.5 Å². The summed E-state index contributed by atoms with van der Waals surface area (Å²) in [7, 11) is 7.90. The van der Waals surface area contributed by atoms with Crippen LogP contribution in [0, 0.1) is 0 Å². The third-order valence-electron chi connectivity index (χ3n) is 4.29. The lowest BCUT2D eigenvalue weighted by Crippen LogP contribution is -2.12. The number of hydrogen-bond donors (Lipinski definition) is 2. The largest absolute Gasteiger partial charge is 0.506 e. The molecule has 0 saturated heterocycles. The number of hydrogen-bond acceptors (Lipinski definition) is 4. The van der Waals surface area contributed by atoms with Crippen LogP contribution in [0.25, 0.3) is 11.1 Å². The van der Waals surface area contributed by atoms with E-state index in [1.54, 1.807) is 0 Å². The molecular weight excluding hydrogens is 300 g/mol. The van der Waals surface area contributed by atoms with Crippen molar-refractivity contribution in [3.63, 3.8) is 0 Å². The molecule has 4 heteroatoms. The Morgan fingerprint density at radius 3 is 1.08 bits per heavy atom. The fourth-order valence-corrected chi connectivity index (χ4v) is 2.81. The minimum atomic E-state index is 0.141. The van der Waals surface area contributed by atoms with Crippen LogP contribution in [0.3, 0.4) is 0 Å². The van der Waals surface area contributed by atoms with Crippen LogP contribution >= 0.6 is 0 Å². The molecule has 1 aliphatic carbocycles. The molecule has 3 rings (SSSR count). The molecule has 0 heterocycles. The van der Waals surface area contributed by atoms with Crippen molar-refractivity contribution in [2.75, 3.05) is 38.0 Å². The van der Waals surface area contributed by atoms with Crippen LogP contribution in [0.15, 0.2) is 60.0 Å². The highest BCUT2D eigenvalue weighted by atomic mass is 16.3. The predicted octanol–water partition coefficient (Wildman–Crippen LogP) is 4.07. The third-order valence-corrected chi connectivity index (χ3v) is 4.29. The molecule has 0 unspecified atom stereocenters. The highest BCUT2D eigenvalue weighted by Crippen LogP contribution is 2.44. The van der Waals surface area contributed by atoms with Crippen LogP contribution < -0.4 is 9.80 Å². The number of nitrogens with zero attached hydrogens (tertiary/aromatic N) is 2. The molecule has 2 N–H and O–H groups in total. The Kier molecular flexibility index (Phi) is 3.97. The number of anilines is 2. The maximum absolute atomic E-state index is 10.4. The van der Waals surface area contributed by atoms with Crippen molar-refractivity contribution in [1.82, 2.24) is 0 Å². The van der Waals surface area contributed by atoms with Gasteiger partial charge >= 0.3 is 0 Å². The molecule has 0 bridgehead atoms. The minimum Gasteiger partial charge on any atom is -0.506 e. The second-order valence-corrected chi connectivity index (χ2v) is 6.33. The Morgan fingerprint density at radius 1 is 0.542 bits per heavy atom. The Labute approximate surface area is 142 Å². The molecule has 1 aliphatic rings. The first-order chi connectivity index (χ1) is 11.4. The van der Waals surface area contributed by atoms with E-state index in [2.05, 4.69) is 0 Å². The molecule has 0 aromatic heterocycles. The summed E-state index contributed by atoms with van der Waals surface area (Å²) in [5.41, 5.74) is 4.77. The summed E-state index contributed by atoms with van der Waals surface area (Å²) in [6, 6.07) is 15.5. The Hall–Kier alpha value is -2.88. The monoisotopic (exact) mass is 322 g/mol. The third kappa shape index (κ3) is 2.60. The van der Waals surface area contributed by atoms with Gasteiger partial charge in [0.05, 0.1) is 11.1 Å². The number of benzene rings is 2. The highest BCUT2D eigenvalue weighted by Gasteiger charge is 2.31. The molecule has 2 aromatic carbocycles. The molecule has 24 heavy (non-hydrogen) atoms. The fourth-order valence-electron chi connectivity index (χ4n) is 2.81. The van der Waals surface area contributed by atoms with Crippen molar-refractivity contribution >= 4 is 22.5 Å². The Morgan fingerprint density at radius 2 is 0.833 bits per heavy atom. The standard InChI is InChI=1S/C20H22N2O2/c1-21(2)15-9-5-13(6-10-15)17-19(23)18(20(17)24)14-7-11-16(12-8-14)22(3)4/h5-12,23-24H,1-4H3. The van der Waals surface area contributed by atoms with E-state index in [9.17, 15) is 10.2 Å². The normalized spacial score (nSPS) is 13.8. The second-order valence-electron chi connectivity index (χ2n) is 6.33. The first kappa shape index (κ1) is 16.0. The van der Waals surface area contributed by atoms with Gasteiger partial charge in [-0.2, -0.15) is 0 Å². The van der Waals surface area contributed by atoms with Gasteiger partial charge in [0.2, 0.25) is 0 Å². The van der Waals surface area contributed by atoms with Crippen molar-refractivity contribution in [3.05, 3.63) is 71.2 Å². The summed E-state index contributed by atoms with van der Waals surface area (Å²) in [6.07, 6.45) is 0. The summed E-state index contributed by atoms with van der Waals surface area (Å²) >= 11 is 0. The van der Waals surface area contributed by atoms with E-state index in [4.69, 9.17) is 0 Å². The average molecular weight is 322 g/mol. The molecule has 0 atom stereocenters. The van der Waals surface area contributed by atoms with Gasteiger partial charge < -0.3 is 20.0 Å². The zero-order chi connectivity index (χ0) is 17.4. The van der Waals surface area contributed by atoms with Crippen LogP contribution in [-0.2, 0) is 0 Å². The number of aliphatic hydroxyl groups is 2. The Balaban J connectivity index is 1.88. The van der Waals surface area contributed by atoms with Crippen LogP contribution in [0.1, 0.15) is 11.1 Å². The number of rotatable bonds is 4. The van der Waals surface area contributed by atoms with E-state index >= 15 is 0 Å². The predicted molar refractivity (Wildman–Crippen MR) is 101 cm³/mol. The molecule has 0 saturated carbocycles. The van der Waals surface area contributed by atoms with Crippen LogP contribution in [0.4, 0.5) is 11.4 Å². The molecule has 0 fully saturated rings. The first-order valence-electron chi connectivity index (χ1n) is 7.83. The van der Waals surface area contributed by atoms with Gasteiger partial charge in [-0.1, -0.05) is 24.3 Å². The minimum absolute atomic E-state index is 0.141. The van der Waals surface area contributed by atoms with Crippen molar-refractivity contribution < 1.29 is 10.2 Å². The van der Waals surface area contributed by atoms with Crippen molar-refractivity contribution in [2.45, 2.75) is 0 Å². The van der Waals surface area contributed by atoms with E-state index in [0.29, 0.717) is 11.1 Å². The van der Waals surface area contributed by atoms with Gasteiger partial charge in [-0.25, -0.2) is 0 Å². The molecule has 0 amide bonds. The zero-order valence-corrected chi connectivity index (χ0v) is 14.4. The zero-order valence-electron chi connectivity index (χ0n) is 14.4. The molecule has 0 radical (unpaired) electrons. The lowest BCUT2D eigenvalue weighted by molar-refractivity contribution is 0.390. The highest BCUT2D eigenvalue weighted by molar-refractivity contribution is 6.06. The van der Waals surface area contributed by atoms with Gasteiger partial charge in [-0.05, 0) is 35.4 Å². The van der Waals surface area contributed by atoms with Gasteiger partial charge in [0, 0.05) is 39.6 Å². The quantitative estimate of drug-likeness (QED) is 0.891. The molecule has 2 aromatic rings. The van der Waals surface area contributed by atoms with Gasteiger partial charge in [0.15, 0.2) is 0 Å². The smallest absolute Gasteiger partial charge is 0.138 e. The number of aliphatic hydroxyl groups excluding tert-OH is 2. The lowest BCUT2D eigenvalue weighted by Gasteiger charge is -2.25. The van der Waals surface area contributed by atoms with E-state index < -0.39 is 0 Å². The van der Waals surface area contributed by atoms with Crippen molar-refractivity contribution in [1.29, 1.82) is 0 Å². The second kappa shape index (κ2) is 5.96. The topological polar surface area (TPSA) is 46.9 Å². The molecule has 4 nitrogen and oxygen atoms in total. The summed E-state index contributed by atoms with van der Waals surface area (Å²) in [5.74, 6) is 0.283. The van der Waals surface area contributed by atoms with E-state index in [-0.39, 0.29) is 11.5 Å². The van der Waals surface area contributed by atoms with Gasteiger partial charge in [-0.15, -0.1) is 0 Å². The maximum atomic E-state index is 10.4. The molecule has 124 valence electrons. The summed E-state index contributed by atoms with van der Waals surface area (Å²) < 4.78 is 0. The maximum Gasteiger partial charge on any atom is 0.138 e. The average Bonchev–Trinajstić information content (AvgIpc) is 2.56. The fraction of sp³-hybridized carbons (Fsp3) is 0.200. The van der Waals surface area contributed by atoms with E-state index in [1.165, 1.54) is 0 Å². The van der Waals surface area contributed by atoms with Crippen molar-refractivity contribution in [3.8, 4) is 0 Å². The van der Waals surface area contributed by atoms with Gasteiger partial charge in [0.25, 0.3) is 0 Å². The van der Waals surface area contributed by atoms with Gasteiger partial charge in [-0.3, -0.25) is 0 Å². The van der Waals surface area contributed by atoms with E-state index in [1.807, 2.05) is 86.5 Å². The Bertz CT molecular complexity index is 731. The summed E-state index contributed by atoms with van der Waals surface area (Å²) in [6.45, 7) is 0. The van der Waals surface area contributed by atoms with Crippen molar-refractivity contribution in [2.24, 2.45) is 0 Å². The molecular formula is C20H22N2O2.